The lowest BCUT2D eigenvalue weighted by Crippen LogP contribution is -2.14. The third kappa shape index (κ3) is 10.00. The van der Waals surface area contributed by atoms with Crippen LogP contribution in [-0.4, -0.2) is 6.54 Å². The first-order valence-corrected chi connectivity index (χ1v) is 9.30. The summed E-state index contributed by atoms with van der Waals surface area (Å²) in [5, 5.41) is 3.57. The highest BCUT2D eigenvalue weighted by molar-refractivity contribution is 5.23. The summed E-state index contributed by atoms with van der Waals surface area (Å²) in [6.07, 6.45) is 10.8. The molecule has 1 aromatic carbocycles. The fraction of sp³-hybridized carbons (Fsp3) is 0.714. The molecule has 0 radical (unpaired) electrons. The molecule has 0 fully saturated rings. The van der Waals surface area contributed by atoms with Gasteiger partial charge in [-0.3, -0.25) is 0 Å². The van der Waals surface area contributed by atoms with Crippen LogP contribution < -0.4 is 5.32 Å². The predicted octanol–water partition coefficient (Wildman–Crippen LogP) is 6.12. The van der Waals surface area contributed by atoms with Crippen LogP contribution in [0.15, 0.2) is 24.3 Å². The van der Waals surface area contributed by atoms with E-state index in [0.717, 1.165) is 19.5 Å². The van der Waals surface area contributed by atoms with Gasteiger partial charge in [0.25, 0.3) is 0 Å². The molecule has 0 unspecified atom stereocenters. The molecule has 1 heteroatoms. The summed E-state index contributed by atoms with van der Waals surface area (Å²) in [6.45, 7) is 11.3. The molecule has 0 saturated carbocycles. The van der Waals surface area contributed by atoms with Crippen molar-refractivity contribution >= 4 is 0 Å². The van der Waals surface area contributed by atoms with Gasteiger partial charge in [-0.15, -0.1) is 0 Å². The zero-order valence-corrected chi connectivity index (χ0v) is 15.4. The molecule has 1 aromatic rings. The van der Waals surface area contributed by atoms with Crippen LogP contribution in [0.5, 0.6) is 0 Å². The molecule has 0 amide bonds. The van der Waals surface area contributed by atoms with Crippen molar-refractivity contribution in [3.63, 3.8) is 0 Å². The van der Waals surface area contributed by atoms with Gasteiger partial charge in [-0.1, -0.05) is 90.5 Å². The van der Waals surface area contributed by atoms with E-state index in [1.54, 1.807) is 0 Å². The average molecular weight is 304 g/mol. The van der Waals surface area contributed by atoms with Crippen LogP contribution in [0.2, 0.25) is 0 Å². The number of benzene rings is 1. The first-order valence-electron chi connectivity index (χ1n) is 9.30. The third-order valence-corrected chi connectivity index (χ3v) is 4.04. The van der Waals surface area contributed by atoms with Crippen molar-refractivity contribution in [2.75, 3.05) is 6.54 Å². The standard InChI is InChI=1S/C21H37N/c1-5-6-7-8-9-10-11-16-22-18-20-14-12-19(13-15-20)17-21(2,3)4/h12-15,22H,5-11,16-18H2,1-4H3. The van der Waals surface area contributed by atoms with Gasteiger partial charge in [-0.05, 0) is 35.9 Å². The second kappa shape index (κ2) is 10.8. The molecule has 0 saturated heterocycles. The van der Waals surface area contributed by atoms with Gasteiger partial charge < -0.3 is 5.32 Å². The van der Waals surface area contributed by atoms with Gasteiger partial charge in [0.1, 0.15) is 0 Å². The van der Waals surface area contributed by atoms with Crippen molar-refractivity contribution in [1.29, 1.82) is 0 Å². The zero-order chi connectivity index (χ0) is 16.3. The van der Waals surface area contributed by atoms with E-state index in [-0.39, 0.29) is 0 Å². The van der Waals surface area contributed by atoms with E-state index in [0.29, 0.717) is 5.41 Å². The molecule has 22 heavy (non-hydrogen) atoms. The smallest absolute Gasteiger partial charge is 0.0205 e. The number of rotatable bonds is 11. The first kappa shape index (κ1) is 19.2. The van der Waals surface area contributed by atoms with Crippen LogP contribution in [0.25, 0.3) is 0 Å². The molecule has 0 aliphatic rings. The van der Waals surface area contributed by atoms with Crippen molar-refractivity contribution in [2.45, 2.75) is 85.6 Å². The van der Waals surface area contributed by atoms with Crippen molar-refractivity contribution in [1.82, 2.24) is 5.32 Å². The van der Waals surface area contributed by atoms with Crippen LogP contribution in [0.4, 0.5) is 0 Å². The highest BCUT2D eigenvalue weighted by Crippen LogP contribution is 2.20. The summed E-state index contributed by atoms with van der Waals surface area (Å²) in [7, 11) is 0. The molecule has 1 rings (SSSR count). The van der Waals surface area contributed by atoms with E-state index in [1.165, 1.54) is 56.1 Å². The van der Waals surface area contributed by atoms with Crippen LogP contribution in [-0.2, 0) is 13.0 Å². The van der Waals surface area contributed by atoms with Crippen LogP contribution in [0.1, 0.15) is 83.8 Å². The van der Waals surface area contributed by atoms with E-state index >= 15 is 0 Å². The van der Waals surface area contributed by atoms with E-state index in [2.05, 4.69) is 57.3 Å². The first-order chi connectivity index (χ1) is 10.5. The average Bonchev–Trinajstić information content (AvgIpc) is 2.46. The maximum atomic E-state index is 3.57. The van der Waals surface area contributed by atoms with Gasteiger partial charge in [-0.25, -0.2) is 0 Å². The predicted molar refractivity (Wildman–Crippen MR) is 99.3 cm³/mol. The number of nitrogens with one attached hydrogen (secondary N) is 1. The van der Waals surface area contributed by atoms with E-state index < -0.39 is 0 Å². The number of hydrogen-bond donors (Lipinski definition) is 1. The summed E-state index contributed by atoms with van der Waals surface area (Å²) in [5.41, 5.74) is 3.22. The maximum absolute atomic E-state index is 3.57. The molecule has 0 aliphatic heterocycles. The summed E-state index contributed by atoms with van der Waals surface area (Å²) < 4.78 is 0. The number of unbranched alkanes of at least 4 members (excludes halogenated alkanes) is 6. The second-order valence-corrected chi connectivity index (χ2v) is 7.85. The van der Waals surface area contributed by atoms with Gasteiger partial charge in [0.2, 0.25) is 0 Å². The maximum Gasteiger partial charge on any atom is 0.0205 e. The van der Waals surface area contributed by atoms with Crippen molar-refractivity contribution < 1.29 is 0 Å². The van der Waals surface area contributed by atoms with E-state index in [9.17, 15) is 0 Å². The van der Waals surface area contributed by atoms with Crippen LogP contribution in [0, 0.1) is 5.41 Å². The Kier molecular flexibility index (Phi) is 9.47. The van der Waals surface area contributed by atoms with Gasteiger partial charge in [0.15, 0.2) is 0 Å². The number of hydrogen-bond acceptors (Lipinski definition) is 1. The topological polar surface area (TPSA) is 12.0 Å². The highest BCUT2D eigenvalue weighted by Gasteiger charge is 2.10. The Morgan fingerprint density at radius 1 is 0.773 bits per heavy atom. The van der Waals surface area contributed by atoms with Gasteiger partial charge >= 0.3 is 0 Å². The van der Waals surface area contributed by atoms with Crippen molar-refractivity contribution in [3.05, 3.63) is 35.4 Å². The monoisotopic (exact) mass is 303 g/mol. The summed E-state index contributed by atoms with van der Waals surface area (Å²) >= 11 is 0. The molecule has 0 bridgehead atoms. The van der Waals surface area contributed by atoms with Crippen molar-refractivity contribution in [2.24, 2.45) is 5.41 Å². The third-order valence-electron chi connectivity index (χ3n) is 4.04. The lowest BCUT2D eigenvalue weighted by molar-refractivity contribution is 0.411. The summed E-state index contributed by atoms with van der Waals surface area (Å²) in [4.78, 5) is 0. The van der Waals surface area contributed by atoms with Gasteiger partial charge in [0, 0.05) is 6.54 Å². The lowest BCUT2D eigenvalue weighted by atomic mass is 9.88. The quantitative estimate of drug-likeness (QED) is 0.486. The van der Waals surface area contributed by atoms with E-state index in [4.69, 9.17) is 0 Å². The molecule has 0 aromatic heterocycles. The Balaban J connectivity index is 2.08. The summed E-state index contributed by atoms with van der Waals surface area (Å²) in [5.74, 6) is 0. The largest absolute Gasteiger partial charge is 0.313 e. The zero-order valence-electron chi connectivity index (χ0n) is 15.4. The molecule has 0 heterocycles. The minimum absolute atomic E-state index is 0.372. The van der Waals surface area contributed by atoms with Gasteiger partial charge in [-0.2, -0.15) is 0 Å². The minimum atomic E-state index is 0.372. The van der Waals surface area contributed by atoms with E-state index in [1.807, 2.05) is 0 Å². The van der Waals surface area contributed by atoms with Crippen LogP contribution in [0.3, 0.4) is 0 Å². The fourth-order valence-electron chi connectivity index (χ4n) is 2.83. The molecule has 1 nitrogen and oxygen atoms in total. The Bertz CT molecular complexity index is 372. The lowest BCUT2D eigenvalue weighted by Gasteiger charge is -2.18. The molecule has 0 atom stereocenters. The molecular weight excluding hydrogens is 266 g/mol. The Morgan fingerprint density at radius 2 is 1.32 bits per heavy atom. The highest BCUT2D eigenvalue weighted by atomic mass is 14.8. The molecule has 0 aliphatic carbocycles. The Hall–Kier alpha value is -0.820. The summed E-state index contributed by atoms with van der Waals surface area (Å²) in [6, 6.07) is 9.13. The normalized spacial score (nSPS) is 11.8. The molecule has 0 spiro atoms. The fourth-order valence-corrected chi connectivity index (χ4v) is 2.83. The Labute approximate surface area is 138 Å². The SMILES string of the molecule is CCCCCCCCCNCc1ccc(CC(C)(C)C)cc1. The Morgan fingerprint density at radius 3 is 1.91 bits per heavy atom. The minimum Gasteiger partial charge on any atom is -0.313 e. The van der Waals surface area contributed by atoms with Crippen LogP contribution >= 0.6 is 0 Å². The molecular formula is C21H37N. The second-order valence-electron chi connectivity index (χ2n) is 7.85. The molecule has 1 N–H and O–H groups in total. The molecule has 126 valence electrons. The van der Waals surface area contributed by atoms with Crippen molar-refractivity contribution in [3.8, 4) is 0 Å². The van der Waals surface area contributed by atoms with Gasteiger partial charge in [0.05, 0.1) is 0 Å².